The van der Waals surface area contributed by atoms with Crippen LogP contribution in [0.3, 0.4) is 0 Å². The summed E-state index contributed by atoms with van der Waals surface area (Å²) >= 11 is 12.5. The lowest BCUT2D eigenvalue weighted by Crippen LogP contribution is -2.47. The van der Waals surface area contributed by atoms with E-state index in [1.807, 2.05) is 28.9 Å². The SMILES string of the molecule is O=C(NCCCN1CCN(c2cccc(Cl)c2Cl)CC1)c1cc2n(n1)CCCC2. The lowest BCUT2D eigenvalue weighted by Gasteiger charge is -2.36. The molecule has 0 spiro atoms. The van der Waals surface area contributed by atoms with E-state index >= 15 is 0 Å². The fourth-order valence-corrected chi connectivity index (χ4v) is 4.49. The van der Waals surface area contributed by atoms with Gasteiger partial charge in [-0.25, -0.2) is 0 Å². The molecule has 1 N–H and O–H groups in total. The van der Waals surface area contributed by atoms with Crippen molar-refractivity contribution in [3.8, 4) is 0 Å². The topological polar surface area (TPSA) is 53.4 Å². The highest BCUT2D eigenvalue weighted by Gasteiger charge is 2.20. The Hall–Kier alpha value is -1.76. The summed E-state index contributed by atoms with van der Waals surface area (Å²) in [7, 11) is 0. The molecule has 0 bridgehead atoms. The van der Waals surface area contributed by atoms with E-state index in [0.29, 0.717) is 22.3 Å². The summed E-state index contributed by atoms with van der Waals surface area (Å²) in [5.41, 5.74) is 2.74. The van der Waals surface area contributed by atoms with Gasteiger partial charge >= 0.3 is 0 Å². The summed E-state index contributed by atoms with van der Waals surface area (Å²) < 4.78 is 1.98. The van der Waals surface area contributed by atoms with Crippen molar-refractivity contribution in [1.82, 2.24) is 20.0 Å². The summed E-state index contributed by atoms with van der Waals surface area (Å²) in [4.78, 5) is 17.1. The Bertz CT molecular complexity index is 837. The van der Waals surface area contributed by atoms with Crippen LogP contribution < -0.4 is 10.2 Å². The van der Waals surface area contributed by atoms with Crippen molar-refractivity contribution < 1.29 is 4.79 Å². The molecule has 2 aliphatic heterocycles. The predicted molar refractivity (Wildman–Crippen MR) is 117 cm³/mol. The largest absolute Gasteiger partial charge is 0.368 e. The number of amides is 1. The van der Waals surface area contributed by atoms with Gasteiger partial charge in [-0.1, -0.05) is 29.3 Å². The third-order valence-corrected chi connectivity index (χ3v) is 6.54. The minimum Gasteiger partial charge on any atom is -0.368 e. The van der Waals surface area contributed by atoms with Crippen LogP contribution in [0.25, 0.3) is 0 Å². The molecule has 0 atom stereocenters. The molecule has 156 valence electrons. The first-order valence-electron chi connectivity index (χ1n) is 10.4. The Morgan fingerprint density at radius 3 is 2.72 bits per heavy atom. The highest BCUT2D eigenvalue weighted by molar-refractivity contribution is 6.43. The van der Waals surface area contributed by atoms with Gasteiger partial charge in [0.05, 0.1) is 15.7 Å². The van der Waals surface area contributed by atoms with Gasteiger partial charge in [0.2, 0.25) is 0 Å². The van der Waals surface area contributed by atoms with Gasteiger partial charge in [-0.15, -0.1) is 0 Å². The molecule has 0 aliphatic carbocycles. The van der Waals surface area contributed by atoms with Gasteiger partial charge in [-0.2, -0.15) is 5.10 Å². The number of hydrogen-bond acceptors (Lipinski definition) is 4. The summed E-state index contributed by atoms with van der Waals surface area (Å²) in [6.45, 7) is 6.36. The summed E-state index contributed by atoms with van der Waals surface area (Å²) in [6, 6.07) is 7.72. The molecule has 1 aromatic carbocycles. The molecule has 2 aromatic rings. The second kappa shape index (κ2) is 9.37. The summed E-state index contributed by atoms with van der Waals surface area (Å²) in [5, 5.41) is 8.68. The minimum atomic E-state index is -0.0627. The van der Waals surface area contributed by atoms with Crippen molar-refractivity contribution in [3.63, 3.8) is 0 Å². The van der Waals surface area contributed by atoms with Crippen LogP contribution in [-0.4, -0.2) is 59.9 Å². The number of nitrogens with zero attached hydrogens (tertiary/aromatic N) is 4. The molecule has 2 aliphatic rings. The van der Waals surface area contributed by atoms with Gasteiger partial charge in [-0.05, 0) is 50.4 Å². The van der Waals surface area contributed by atoms with Gasteiger partial charge in [0.15, 0.2) is 0 Å². The molecule has 1 saturated heterocycles. The first-order valence-corrected chi connectivity index (χ1v) is 11.1. The normalized spacial score (nSPS) is 17.2. The average molecular weight is 436 g/mol. The molecule has 0 unspecified atom stereocenters. The zero-order chi connectivity index (χ0) is 20.2. The van der Waals surface area contributed by atoms with E-state index < -0.39 is 0 Å². The molecule has 8 heteroatoms. The average Bonchev–Trinajstić information content (AvgIpc) is 3.18. The van der Waals surface area contributed by atoms with Crippen LogP contribution in [0.15, 0.2) is 24.3 Å². The summed E-state index contributed by atoms with van der Waals surface area (Å²) in [5.74, 6) is -0.0627. The van der Waals surface area contributed by atoms with Crippen molar-refractivity contribution in [2.24, 2.45) is 0 Å². The number of rotatable bonds is 6. The van der Waals surface area contributed by atoms with Crippen LogP contribution in [0.4, 0.5) is 5.69 Å². The van der Waals surface area contributed by atoms with E-state index in [2.05, 4.69) is 20.2 Å². The third-order valence-electron chi connectivity index (χ3n) is 5.73. The molecule has 1 amide bonds. The number of anilines is 1. The number of aryl methyl sites for hydroxylation is 2. The third kappa shape index (κ3) is 4.87. The molecule has 0 radical (unpaired) electrons. The Balaban J connectivity index is 1.18. The lowest BCUT2D eigenvalue weighted by atomic mass is 10.1. The van der Waals surface area contributed by atoms with E-state index in [1.165, 1.54) is 12.1 Å². The maximum absolute atomic E-state index is 12.3. The molecule has 3 heterocycles. The number of piperazine rings is 1. The number of hydrogen-bond donors (Lipinski definition) is 1. The number of fused-ring (bicyclic) bond motifs is 1. The molecule has 1 aromatic heterocycles. The molecular weight excluding hydrogens is 409 g/mol. The fourth-order valence-electron chi connectivity index (χ4n) is 4.07. The number of halogens is 2. The maximum atomic E-state index is 12.3. The van der Waals surface area contributed by atoms with Gasteiger partial charge in [-0.3, -0.25) is 14.4 Å². The number of carbonyl (C=O) groups excluding carboxylic acids is 1. The molecule has 0 saturated carbocycles. The van der Waals surface area contributed by atoms with E-state index in [1.54, 1.807) is 0 Å². The highest BCUT2D eigenvalue weighted by atomic mass is 35.5. The minimum absolute atomic E-state index is 0.0627. The van der Waals surface area contributed by atoms with Crippen molar-refractivity contribution in [3.05, 3.63) is 45.7 Å². The smallest absolute Gasteiger partial charge is 0.271 e. The number of aromatic nitrogens is 2. The Morgan fingerprint density at radius 1 is 1.10 bits per heavy atom. The Labute approximate surface area is 181 Å². The zero-order valence-electron chi connectivity index (χ0n) is 16.5. The Kier molecular flexibility index (Phi) is 6.63. The van der Waals surface area contributed by atoms with Crippen LogP contribution in [0, 0.1) is 0 Å². The second-order valence-corrected chi connectivity index (χ2v) is 8.50. The van der Waals surface area contributed by atoms with Gasteiger partial charge < -0.3 is 10.2 Å². The zero-order valence-corrected chi connectivity index (χ0v) is 18.1. The van der Waals surface area contributed by atoms with E-state index in [4.69, 9.17) is 23.2 Å². The van der Waals surface area contributed by atoms with Gasteiger partial charge in [0.25, 0.3) is 5.91 Å². The quantitative estimate of drug-likeness (QED) is 0.705. The van der Waals surface area contributed by atoms with Gasteiger partial charge in [0, 0.05) is 45.0 Å². The number of benzene rings is 1. The molecule has 6 nitrogen and oxygen atoms in total. The predicted octanol–water partition coefficient (Wildman–Crippen LogP) is 3.47. The monoisotopic (exact) mass is 435 g/mol. The lowest BCUT2D eigenvalue weighted by molar-refractivity contribution is 0.0945. The standard InChI is InChI=1S/C21H27Cl2N5O/c22-17-6-3-7-19(20(17)23)27-13-11-26(12-14-27)9-4-8-24-21(29)18-15-16-5-1-2-10-28(16)25-18/h3,6-7,15H,1-2,4-5,8-14H2,(H,24,29). The summed E-state index contributed by atoms with van der Waals surface area (Å²) in [6.07, 6.45) is 4.28. The van der Waals surface area contributed by atoms with Gasteiger partial charge in [0.1, 0.15) is 5.69 Å². The number of nitrogens with one attached hydrogen (secondary N) is 1. The maximum Gasteiger partial charge on any atom is 0.271 e. The van der Waals surface area contributed by atoms with Crippen LogP contribution in [0.2, 0.25) is 10.0 Å². The first-order chi connectivity index (χ1) is 14.1. The van der Waals surface area contributed by atoms with Crippen molar-refractivity contribution in [1.29, 1.82) is 0 Å². The van der Waals surface area contributed by atoms with Crippen molar-refractivity contribution in [2.75, 3.05) is 44.2 Å². The molecule has 4 rings (SSSR count). The van der Waals surface area contributed by atoms with Crippen LogP contribution in [-0.2, 0) is 13.0 Å². The van der Waals surface area contributed by atoms with E-state index in [0.717, 1.165) is 64.2 Å². The van der Waals surface area contributed by atoms with Crippen LogP contribution in [0.5, 0.6) is 0 Å². The van der Waals surface area contributed by atoms with Crippen LogP contribution >= 0.6 is 23.2 Å². The molecular formula is C21H27Cl2N5O. The van der Waals surface area contributed by atoms with Crippen LogP contribution in [0.1, 0.15) is 35.4 Å². The van der Waals surface area contributed by atoms with Crippen molar-refractivity contribution >= 4 is 34.8 Å². The molecule has 29 heavy (non-hydrogen) atoms. The molecule has 1 fully saturated rings. The highest BCUT2D eigenvalue weighted by Crippen LogP contribution is 2.32. The van der Waals surface area contributed by atoms with E-state index in [-0.39, 0.29) is 5.91 Å². The Morgan fingerprint density at radius 2 is 1.93 bits per heavy atom. The van der Waals surface area contributed by atoms with E-state index in [9.17, 15) is 4.79 Å². The first kappa shape index (κ1) is 20.5. The number of carbonyl (C=O) groups is 1. The fraction of sp³-hybridized carbons (Fsp3) is 0.524. The second-order valence-electron chi connectivity index (χ2n) is 7.71. The van der Waals surface area contributed by atoms with Crippen molar-refractivity contribution in [2.45, 2.75) is 32.2 Å².